The molecule has 0 rings (SSSR count). The molecule has 2 heteroatoms. The van der Waals surface area contributed by atoms with Crippen LogP contribution < -0.4 is 0 Å². The lowest BCUT2D eigenvalue weighted by Gasteiger charge is -2.05. The predicted octanol–water partition coefficient (Wildman–Crippen LogP) is 0.509. The van der Waals surface area contributed by atoms with Gasteiger partial charge in [0.25, 0.3) is 0 Å². The Bertz CT molecular complexity index is 68.9. The quantitative estimate of drug-likeness (QED) is 0.416. The first-order valence-corrected chi connectivity index (χ1v) is 2.65. The molecule has 2 nitrogen and oxygen atoms in total. The Morgan fingerprint density at radius 2 is 2.12 bits per heavy atom. The molecule has 0 aliphatic carbocycles. The molecule has 0 heterocycles. The molecule has 0 aromatic rings. The van der Waals surface area contributed by atoms with Crippen LogP contribution in [-0.2, 0) is 0 Å². The summed E-state index contributed by atoms with van der Waals surface area (Å²) in [7, 11) is 0. The molecular weight excluding hydrogens is 104 g/mol. The van der Waals surface area contributed by atoms with Crippen molar-refractivity contribution in [2.75, 3.05) is 0 Å². The molecule has 0 aliphatic heterocycles. The third-order valence-electron chi connectivity index (χ3n) is 0.985. The topological polar surface area (TPSA) is 40.5 Å². The standard InChI is InChI=1S/C6H12O2/c1-3-5(2)4-6(7)8/h3,5-8H,1,4H2,2H3. The minimum atomic E-state index is -1.19. The lowest BCUT2D eigenvalue weighted by molar-refractivity contribution is -0.0509. The average molecular weight is 116 g/mol. The highest BCUT2D eigenvalue weighted by molar-refractivity contribution is 4.74. The number of allylic oxidation sites excluding steroid dienone is 1. The van der Waals surface area contributed by atoms with Gasteiger partial charge in [-0.05, 0) is 5.92 Å². The van der Waals surface area contributed by atoms with Gasteiger partial charge >= 0.3 is 0 Å². The zero-order chi connectivity index (χ0) is 6.57. The van der Waals surface area contributed by atoms with Gasteiger partial charge in [0.2, 0.25) is 0 Å². The number of rotatable bonds is 3. The van der Waals surface area contributed by atoms with E-state index in [0.717, 1.165) is 0 Å². The minimum absolute atomic E-state index is 0.190. The van der Waals surface area contributed by atoms with Gasteiger partial charge in [-0.2, -0.15) is 0 Å². The Morgan fingerprint density at radius 1 is 1.62 bits per heavy atom. The number of aliphatic hydroxyl groups is 2. The molecule has 2 N–H and O–H groups in total. The molecular formula is C6H12O2. The molecule has 0 aliphatic rings. The molecule has 1 unspecified atom stereocenters. The molecule has 0 spiro atoms. The van der Waals surface area contributed by atoms with E-state index in [9.17, 15) is 0 Å². The van der Waals surface area contributed by atoms with Crippen LogP contribution in [0.3, 0.4) is 0 Å². The first-order valence-electron chi connectivity index (χ1n) is 2.65. The Morgan fingerprint density at radius 3 is 2.25 bits per heavy atom. The van der Waals surface area contributed by atoms with E-state index >= 15 is 0 Å². The summed E-state index contributed by atoms with van der Waals surface area (Å²) in [6.45, 7) is 5.37. The van der Waals surface area contributed by atoms with Gasteiger partial charge in [0.15, 0.2) is 6.29 Å². The molecule has 48 valence electrons. The van der Waals surface area contributed by atoms with E-state index in [-0.39, 0.29) is 5.92 Å². The zero-order valence-electron chi connectivity index (χ0n) is 5.04. The molecule has 0 bridgehead atoms. The van der Waals surface area contributed by atoms with Crippen molar-refractivity contribution in [3.63, 3.8) is 0 Å². The van der Waals surface area contributed by atoms with E-state index < -0.39 is 6.29 Å². The SMILES string of the molecule is C=CC(C)CC(O)O. The predicted molar refractivity (Wildman–Crippen MR) is 32.2 cm³/mol. The van der Waals surface area contributed by atoms with Crippen LogP contribution in [0.2, 0.25) is 0 Å². The van der Waals surface area contributed by atoms with Crippen molar-refractivity contribution in [2.45, 2.75) is 19.6 Å². The van der Waals surface area contributed by atoms with E-state index in [4.69, 9.17) is 10.2 Å². The van der Waals surface area contributed by atoms with Gasteiger partial charge in [-0.1, -0.05) is 13.0 Å². The fourth-order valence-corrected chi connectivity index (χ4v) is 0.429. The molecule has 0 aromatic heterocycles. The van der Waals surface area contributed by atoms with E-state index in [2.05, 4.69) is 6.58 Å². The van der Waals surface area contributed by atoms with E-state index in [1.807, 2.05) is 6.92 Å². The molecule has 0 saturated carbocycles. The highest BCUT2D eigenvalue weighted by Crippen LogP contribution is 2.03. The van der Waals surface area contributed by atoms with E-state index in [0.29, 0.717) is 6.42 Å². The number of aliphatic hydroxyl groups excluding tert-OH is 1. The van der Waals surface area contributed by atoms with Crippen molar-refractivity contribution in [1.82, 2.24) is 0 Å². The fourth-order valence-electron chi connectivity index (χ4n) is 0.429. The first-order chi connectivity index (χ1) is 3.66. The van der Waals surface area contributed by atoms with Crippen molar-refractivity contribution in [3.8, 4) is 0 Å². The second-order valence-electron chi connectivity index (χ2n) is 1.93. The Labute approximate surface area is 49.5 Å². The van der Waals surface area contributed by atoms with Gasteiger partial charge < -0.3 is 10.2 Å². The maximum atomic E-state index is 8.36. The van der Waals surface area contributed by atoms with Crippen molar-refractivity contribution in [2.24, 2.45) is 5.92 Å². The third kappa shape index (κ3) is 3.84. The fraction of sp³-hybridized carbons (Fsp3) is 0.667. The summed E-state index contributed by atoms with van der Waals surface area (Å²) in [5.41, 5.74) is 0. The summed E-state index contributed by atoms with van der Waals surface area (Å²) in [5.74, 6) is 0.190. The molecule has 0 aromatic carbocycles. The highest BCUT2D eigenvalue weighted by Gasteiger charge is 2.00. The van der Waals surface area contributed by atoms with Crippen molar-refractivity contribution in [3.05, 3.63) is 12.7 Å². The van der Waals surface area contributed by atoms with Crippen LogP contribution >= 0.6 is 0 Å². The molecule has 1 atom stereocenters. The average Bonchev–Trinajstić information content (AvgIpc) is 1.65. The van der Waals surface area contributed by atoms with E-state index in [1.165, 1.54) is 0 Å². The van der Waals surface area contributed by atoms with Crippen LogP contribution in [0.4, 0.5) is 0 Å². The van der Waals surface area contributed by atoms with Crippen LogP contribution in [0.25, 0.3) is 0 Å². The molecule has 0 saturated heterocycles. The van der Waals surface area contributed by atoms with Crippen LogP contribution in [0.1, 0.15) is 13.3 Å². The smallest absolute Gasteiger partial charge is 0.151 e. The van der Waals surface area contributed by atoms with Gasteiger partial charge in [-0.15, -0.1) is 6.58 Å². The Balaban J connectivity index is 3.23. The normalized spacial score (nSPS) is 14.0. The van der Waals surface area contributed by atoms with Crippen molar-refractivity contribution < 1.29 is 10.2 Å². The second kappa shape index (κ2) is 3.64. The van der Waals surface area contributed by atoms with Crippen molar-refractivity contribution in [1.29, 1.82) is 0 Å². The molecule has 8 heavy (non-hydrogen) atoms. The maximum absolute atomic E-state index is 8.36. The van der Waals surface area contributed by atoms with Gasteiger partial charge in [0.05, 0.1) is 0 Å². The van der Waals surface area contributed by atoms with Gasteiger partial charge in [0, 0.05) is 6.42 Å². The zero-order valence-corrected chi connectivity index (χ0v) is 5.04. The summed E-state index contributed by atoms with van der Waals surface area (Å²) < 4.78 is 0. The second-order valence-corrected chi connectivity index (χ2v) is 1.93. The summed E-state index contributed by atoms with van der Waals surface area (Å²) in [4.78, 5) is 0. The Kier molecular flexibility index (Phi) is 3.48. The lowest BCUT2D eigenvalue weighted by Crippen LogP contribution is -2.07. The lowest BCUT2D eigenvalue weighted by atomic mass is 10.1. The van der Waals surface area contributed by atoms with E-state index in [1.54, 1.807) is 6.08 Å². The third-order valence-corrected chi connectivity index (χ3v) is 0.985. The van der Waals surface area contributed by atoms with Gasteiger partial charge in [0.1, 0.15) is 0 Å². The van der Waals surface area contributed by atoms with Crippen LogP contribution in [0, 0.1) is 5.92 Å². The number of hydrogen-bond donors (Lipinski definition) is 2. The van der Waals surface area contributed by atoms with Gasteiger partial charge in [-0.3, -0.25) is 0 Å². The number of hydrogen-bond acceptors (Lipinski definition) is 2. The van der Waals surface area contributed by atoms with Gasteiger partial charge in [-0.25, -0.2) is 0 Å². The summed E-state index contributed by atoms with van der Waals surface area (Å²) in [5, 5.41) is 16.7. The maximum Gasteiger partial charge on any atom is 0.151 e. The summed E-state index contributed by atoms with van der Waals surface area (Å²) in [6.07, 6.45) is 0.881. The summed E-state index contributed by atoms with van der Waals surface area (Å²) >= 11 is 0. The van der Waals surface area contributed by atoms with Crippen molar-refractivity contribution >= 4 is 0 Å². The van der Waals surface area contributed by atoms with Crippen LogP contribution in [-0.4, -0.2) is 16.5 Å². The summed E-state index contributed by atoms with van der Waals surface area (Å²) in [6, 6.07) is 0. The molecule has 0 amide bonds. The molecule has 0 radical (unpaired) electrons. The van der Waals surface area contributed by atoms with Crippen LogP contribution in [0.15, 0.2) is 12.7 Å². The highest BCUT2D eigenvalue weighted by atomic mass is 16.5. The van der Waals surface area contributed by atoms with Crippen LogP contribution in [0.5, 0.6) is 0 Å². The Hall–Kier alpha value is -0.340. The monoisotopic (exact) mass is 116 g/mol. The largest absolute Gasteiger partial charge is 0.368 e. The molecule has 0 fully saturated rings. The minimum Gasteiger partial charge on any atom is -0.368 e. The first kappa shape index (κ1) is 7.66.